The second-order valence-electron chi connectivity index (χ2n) is 7.69. The van der Waals surface area contributed by atoms with Gasteiger partial charge in [-0.2, -0.15) is 0 Å². The Morgan fingerprint density at radius 1 is 1.00 bits per heavy atom. The first kappa shape index (κ1) is 18.8. The number of rotatable bonds is 7. The molecular weight excluding hydrogens is 320 g/mol. The Balaban J connectivity index is 1.95. The first-order chi connectivity index (χ1) is 12.7. The number of unbranched alkanes of at least 4 members (excludes halogenated alkanes) is 1. The van der Waals surface area contributed by atoms with Gasteiger partial charge in [0.2, 0.25) is 0 Å². The number of methoxy groups -OCH3 is 1. The van der Waals surface area contributed by atoms with Crippen LogP contribution in [0.15, 0.2) is 36.4 Å². The van der Waals surface area contributed by atoms with Crippen molar-refractivity contribution in [2.75, 3.05) is 7.11 Å². The van der Waals surface area contributed by atoms with Gasteiger partial charge in [-0.15, -0.1) is 0 Å². The smallest absolute Gasteiger partial charge is 0.122 e. The van der Waals surface area contributed by atoms with E-state index in [0.29, 0.717) is 17.6 Å². The topological polar surface area (TPSA) is 29.5 Å². The summed E-state index contributed by atoms with van der Waals surface area (Å²) in [4.78, 5) is 0. The lowest BCUT2D eigenvalue weighted by Crippen LogP contribution is -2.24. The number of aryl methyl sites for hydroxylation is 1. The summed E-state index contributed by atoms with van der Waals surface area (Å²) in [6.45, 7) is 4.49. The molecule has 140 valence electrons. The highest BCUT2D eigenvalue weighted by Gasteiger charge is 2.30. The summed E-state index contributed by atoms with van der Waals surface area (Å²) in [6.07, 6.45) is 8.21. The number of hydrogen-bond acceptors (Lipinski definition) is 2. The van der Waals surface area contributed by atoms with Gasteiger partial charge in [0, 0.05) is 0 Å². The van der Waals surface area contributed by atoms with Crippen LogP contribution in [0.3, 0.4) is 0 Å². The number of aromatic hydroxyl groups is 1. The molecule has 0 spiro atoms. The van der Waals surface area contributed by atoms with Crippen LogP contribution in [0.5, 0.6) is 11.5 Å². The predicted molar refractivity (Wildman–Crippen MR) is 108 cm³/mol. The molecule has 2 atom stereocenters. The molecule has 1 aliphatic rings. The Morgan fingerprint density at radius 3 is 2.38 bits per heavy atom. The third-order valence-electron chi connectivity index (χ3n) is 5.86. The maximum atomic E-state index is 9.66. The van der Waals surface area contributed by atoms with Crippen molar-refractivity contribution in [3.05, 3.63) is 58.7 Å². The molecule has 0 radical (unpaired) electrons. The highest BCUT2D eigenvalue weighted by atomic mass is 16.5. The van der Waals surface area contributed by atoms with E-state index in [2.05, 4.69) is 38.1 Å². The zero-order chi connectivity index (χ0) is 18.5. The van der Waals surface area contributed by atoms with Crippen molar-refractivity contribution in [2.24, 2.45) is 5.92 Å². The minimum absolute atomic E-state index is 0.352. The monoisotopic (exact) mass is 352 g/mol. The highest BCUT2D eigenvalue weighted by Crippen LogP contribution is 2.42. The molecule has 0 fully saturated rings. The predicted octanol–water partition coefficient (Wildman–Crippen LogP) is 6.04. The molecule has 0 saturated heterocycles. The van der Waals surface area contributed by atoms with E-state index in [1.165, 1.54) is 41.5 Å². The van der Waals surface area contributed by atoms with Gasteiger partial charge in [-0.05, 0) is 78.0 Å². The molecule has 0 amide bonds. The fourth-order valence-electron chi connectivity index (χ4n) is 4.46. The molecule has 0 bridgehead atoms. The Hall–Kier alpha value is -1.96. The molecule has 1 aliphatic carbocycles. The van der Waals surface area contributed by atoms with E-state index >= 15 is 0 Å². The number of phenolic OH excluding ortho intramolecular Hbond substituents is 1. The zero-order valence-electron chi connectivity index (χ0n) is 16.4. The zero-order valence-corrected chi connectivity index (χ0v) is 16.4. The molecule has 3 rings (SSSR count). The Bertz CT molecular complexity index is 718. The van der Waals surface area contributed by atoms with Crippen molar-refractivity contribution in [1.82, 2.24) is 0 Å². The molecule has 0 aromatic heterocycles. The summed E-state index contributed by atoms with van der Waals surface area (Å²) < 4.78 is 5.68. The van der Waals surface area contributed by atoms with Gasteiger partial charge in [-0.1, -0.05) is 51.3 Å². The van der Waals surface area contributed by atoms with Crippen LogP contribution < -0.4 is 4.74 Å². The van der Waals surface area contributed by atoms with Crippen molar-refractivity contribution in [2.45, 2.75) is 64.7 Å². The van der Waals surface area contributed by atoms with Crippen molar-refractivity contribution in [3.63, 3.8) is 0 Å². The second kappa shape index (κ2) is 8.62. The summed E-state index contributed by atoms with van der Waals surface area (Å²) in [6, 6.07) is 12.6. The first-order valence-electron chi connectivity index (χ1n) is 10.1. The third kappa shape index (κ3) is 4.06. The Kier molecular flexibility index (Phi) is 6.24. The van der Waals surface area contributed by atoms with Crippen LogP contribution in [0.1, 0.15) is 67.7 Å². The second-order valence-corrected chi connectivity index (χ2v) is 7.69. The van der Waals surface area contributed by atoms with Crippen LogP contribution in [0.2, 0.25) is 0 Å². The summed E-state index contributed by atoms with van der Waals surface area (Å²) >= 11 is 0. The average molecular weight is 353 g/mol. The minimum atomic E-state index is 0.352. The van der Waals surface area contributed by atoms with Crippen LogP contribution in [0.4, 0.5) is 0 Å². The molecule has 0 aliphatic heterocycles. The van der Waals surface area contributed by atoms with E-state index in [9.17, 15) is 5.11 Å². The molecular formula is C24H32O2. The van der Waals surface area contributed by atoms with Gasteiger partial charge in [-0.25, -0.2) is 0 Å². The Labute approximate surface area is 158 Å². The third-order valence-corrected chi connectivity index (χ3v) is 5.86. The van der Waals surface area contributed by atoms with E-state index in [-0.39, 0.29) is 0 Å². The van der Waals surface area contributed by atoms with Crippen LogP contribution in [0, 0.1) is 5.92 Å². The lowest BCUT2D eigenvalue weighted by molar-refractivity contribution is 0.355. The minimum Gasteiger partial charge on any atom is -0.508 e. The molecule has 26 heavy (non-hydrogen) atoms. The number of hydrogen-bond donors (Lipinski definition) is 1. The van der Waals surface area contributed by atoms with Gasteiger partial charge >= 0.3 is 0 Å². The number of fused-ring (bicyclic) bond motifs is 1. The number of benzene rings is 2. The molecule has 1 unspecified atom stereocenters. The summed E-state index contributed by atoms with van der Waals surface area (Å²) in [5.41, 5.74) is 5.66. The van der Waals surface area contributed by atoms with Crippen LogP contribution in [-0.4, -0.2) is 12.2 Å². The summed E-state index contributed by atoms with van der Waals surface area (Å²) in [5.74, 6) is 2.61. The number of ether oxygens (including phenoxy) is 1. The van der Waals surface area contributed by atoms with Gasteiger partial charge in [0.05, 0.1) is 7.11 Å². The maximum absolute atomic E-state index is 9.66. The highest BCUT2D eigenvalue weighted by molar-refractivity contribution is 5.46. The van der Waals surface area contributed by atoms with Crippen molar-refractivity contribution in [3.8, 4) is 11.5 Å². The van der Waals surface area contributed by atoms with E-state index in [1.807, 2.05) is 12.1 Å². The normalized spacial score (nSPS) is 19.2. The largest absolute Gasteiger partial charge is 0.508 e. The van der Waals surface area contributed by atoms with Gasteiger partial charge in [0.1, 0.15) is 11.5 Å². The van der Waals surface area contributed by atoms with E-state index in [4.69, 9.17) is 4.74 Å². The average Bonchev–Trinajstić information content (AvgIpc) is 2.66. The standard InChI is InChI=1S/C24H32O2/c1-4-6-8-18-13-21-16-24(26-3)19(7-5-2)14-20(21)15-23(18)17-9-11-22(25)12-10-17/h9-12,14,16,18,23,25H,4-8,13,15H2,1-3H3/t18-,23?/m0/s1. The molecule has 2 aromatic rings. The van der Waals surface area contributed by atoms with Gasteiger partial charge in [0.25, 0.3) is 0 Å². The van der Waals surface area contributed by atoms with E-state index in [0.717, 1.165) is 31.4 Å². The lowest BCUT2D eigenvalue weighted by atomic mass is 9.70. The molecule has 0 saturated carbocycles. The molecule has 0 heterocycles. The van der Waals surface area contributed by atoms with Crippen molar-refractivity contribution in [1.29, 1.82) is 0 Å². The molecule has 2 aromatic carbocycles. The van der Waals surface area contributed by atoms with Gasteiger partial charge in [0.15, 0.2) is 0 Å². The lowest BCUT2D eigenvalue weighted by Gasteiger charge is -2.34. The van der Waals surface area contributed by atoms with E-state index in [1.54, 1.807) is 7.11 Å². The fraction of sp³-hybridized carbons (Fsp3) is 0.500. The van der Waals surface area contributed by atoms with Crippen LogP contribution in [-0.2, 0) is 19.3 Å². The van der Waals surface area contributed by atoms with Crippen LogP contribution in [0.25, 0.3) is 0 Å². The van der Waals surface area contributed by atoms with Crippen molar-refractivity contribution < 1.29 is 9.84 Å². The van der Waals surface area contributed by atoms with E-state index < -0.39 is 0 Å². The van der Waals surface area contributed by atoms with Gasteiger partial charge < -0.3 is 9.84 Å². The van der Waals surface area contributed by atoms with Crippen molar-refractivity contribution >= 4 is 0 Å². The fourth-order valence-corrected chi connectivity index (χ4v) is 4.46. The molecule has 1 N–H and O–H groups in total. The summed E-state index contributed by atoms with van der Waals surface area (Å²) in [7, 11) is 1.79. The summed E-state index contributed by atoms with van der Waals surface area (Å²) in [5, 5.41) is 9.66. The van der Waals surface area contributed by atoms with Crippen LogP contribution >= 0.6 is 0 Å². The maximum Gasteiger partial charge on any atom is 0.122 e. The Morgan fingerprint density at radius 2 is 1.73 bits per heavy atom. The SMILES string of the molecule is CCCC[C@H]1Cc2cc(OC)c(CCC)cc2CC1c1ccc(O)cc1. The molecule has 2 nitrogen and oxygen atoms in total. The first-order valence-corrected chi connectivity index (χ1v) is 10.1. The quantitative estimate of drug-likeness (QED) is 0.658. The molecule has 2 heteroatoms. The number of phenols is 1. The van der Waals surface area contributed by atoms with Gasteiger partial charge in [-0.3, -0.25) is 0 Å².